The van der Waals surface area contributed by atoms with Gasteiger partial charge in [-0.2, -0.15) is 0 Å². The van der Waals surface area contributed by atoms with Gasteiger partial charge < -0.3 is 9.80 Å². The smallest absolute Gasteiger partial charge is 0.00221 e. The Bertz CT molecular complexity index is 1180. The summed E-state index contributed by atoms with van der Waals surface area (Å²) >= 11 is 0. The molecule has 0 saturated heterocycles. The lowest BCUT2D eigenvalue weighted by Gasteiger charge is -2.27. The Balaban J connectivity index is 1.07. The van der Waals surface area contributed by atoms with Gasteiger partial charge in [0.2, 0.25) is 0 Å². The second-order valence-corrected chi connectivity index (χ2v) is 11.8. The van der Waals surface area contributed by atoms with Crippen LogP contribution in [0.4, 0.5) is 0 Å². The van der Waals surface area contributed by atoms with Crippen LogP contribution in [-0.2, 0) is 38.5 Å². The van der Waals surface area contributed by atoms with Crippen molar-refractivity contribution in [1.29, 1.82) is 0 Å². The standard InChI is InChI=1S/C38H44N2/c1-5-15-35-29-36-16-6-2-12-32(36)20-26-39(25-19-31(35)11-1)23-9-10-24-40-27-21-33-13-3-7-17-37(33)30-38-18-8-4-14-34(38)22-28-40/h1-8,11-18H,9-10,19-30H2. The van der Waals surface area contributed by atoms with Gasteiger partial charge in [-0.05, 0) is 109 Å². The van der Waals surface area contributed by atoms with Crippen LogP contribution in [0.2, 0.25) is 0 Å². The monoisotopic (exact) mass is 528 g/mol. The SMILES string of the molecule is c1ccc2c(c1)CCN(CCCCN1CCc3ccccc3Cc3ccccc3CC1)CCc1ccccc1C2. The largest absolute Gasteiger partial charge is 0.303 e. The van der Waals surface area contributed by atoms with E-state index in [0.29, 0.717) is 0 Å². The quantitative estimate of drug-likeness (QED) is 0.254. The first kappa shape index (κ1) is 27.0. The van der Waals surface area contributed by atoms with Crippen LogP contribution in [0, 0.1) is 0 Å². The van der Waals surface area contributed by atoms with E-state index in [2.05, 4.69) is 107 Å². The van der Waals surface area contributed by atoms with Crippen LogP contribution in [-0.4, -0.2) is 49.1 Å². The summed E-state index contributed by atoms with van der Waals surface area (Å²) in [5.41, 5.74) is 12.1. The Morgan fingerprint density at radius 2 is 0.600 bits per heavy atom. The van der Waals surface area contributed by atoms with E-state index in [0.717, 1.165) is 64.7 Å². The zero-order valence-corrected chi connectivity index (χ0v) is 24.0. The van der Waals surface area contributed by atoms with Gasteiger partial charge in [-0.1, -0.05) is 97.1 Å². The summed E-state index contributed by atoms with van der Waals surface area (Å²) in [6.07, 6.45) is 9.30. The van der Waals surface area contributed by atoms with E-state index in [-0.39, 0.29) is 0 Å². The van der Waals surface area contributed by atoms with Crippen molar-refractivity contribution < 1.29 is 0 Å². The van der Waals surface area contributed by atoms with Gasteiger partial charge >= 0.3 is 0 Å². The van der Waals surface area contributed by atoms with E-state index in [4.69, 9.17) is 0 Å². The lowest BCUT2D eigenvalue weighted by molar-refractivity contribution is 0.245. The number of benzene rings is 4. The fourth-order valence-corrected chi connectivity index (χ4v) is 6.76. The predicted molar refractivity (Wildman–Crippen MR) is 168 cm³/mol. The number of hydrogen-bond donors (Lipinski definition) is 0. The summed E-state index contributed by atoms with van der Waals surface area (Å²) in [5.74, 6) is 0. The normalized spacial score (nSPS) is 16.7. The first-order chi connectivity index (χ1) is 19.8. The molecule has 0 aromatic heterocycles. The maximum Gasteiger partial charge on any atom is 0.00221 e. The second-order valence-electron chi connectivity index (χ2n) is 11.8. The van der Waals surface area contributed by atoms with Crippen LogP contribution < -0.4 is 0 Å². The van der Waals surface area contributed by atoms with Gasteiger partial charge in [0.15, 0.2) is 0 Å². The Morgan fingerprint density at radius 3 is 0.875 bits per heavy atom. The maximum atomic E-state index is 2.73. The minimum Gasteiger partial charge on any atom is -0.303 e. The minimum atomic E-state index is 1.07. The highest BCUT2D eigenvalue weighted by Crippen LogP contribution is 2.22. The van der Waals surface area contributed by atoms with Crippen LogP contribution in [0.1, 0.15) is 57.3 Å². The van der Waals surface area contributed by atoms with Gasteiger partial charge in [0.25, 0.3) is 0 Å². The molecule has 40 heavy (non-hydrogen) atoms. The Morgan fingerprint density at radius 1 is 0.350 bits per heavy atom. The molecule has 0 atom stereocenters. The number of hydrogen-bond acceptors (Lipinski definition) is 2. The van der Waals surface area contributed by atoms with Crippen LogP contribution in [0.3, 0.4) is 0 Å². The van der Waals surface area contributed by atoms with Gasteiger partial charge in [0.1, 0.15) is 0 Å². The number of fused-ring (bicyclic) bond motifs is 4. The van der Waals surface area contributed by atoms with Crippen molar-refractivity contribution in [3.63, 3.8) is 0 Å². The zero-order chi connectivity index (χ0) is 27.0. The predicted octanol–water partition coefficient (Wildman–Crippen LogP) is 7.15. The van der Waals surface area contributed by atoms with Crippen molar-refractivity contribution in [2.45, 2.75) is 51.4 Å². The van der Waals surface area contributed by atoms with Crippen molar-refractivity contribution >= 4 is 0 Å². The molecule has 2 nitrogen and oxygen atoms in total. The molecule has 2 heterocycles. The first-order valence-corrected chi connectivity index (χ1v) is 15.5. The molecule has 0 radical (unpaired) electrons. The number of nitrogens with zero attached hydrogens (tertiary/aromatic N) is 2. The summed E-state index contributed by atoms with van der Waals surface area (Å²) in [7, 11) is 0. The van der Waals surface area contributed by atoms with E-state index in [9.17, 15) is 0 Å². The van der Waals surface area contributed by atoms with Crippen LogP contribution in [0.15, 0.2) is 97.1 Å². The van der Waals surface area contributed by atoms with Crippen LogP contribution in [0.25, 0.3) is 0 Å². The van der Waals surface area contributed by atoms with Gasteiger partial charge in [-0.3, -0.25) is 0 Å². The molecular weight excluding hydrogens is 484 g/mol. The van der Waals surface area contributed by atoms with Crippen molar-refractivity contribution in [3.05, 3.63) is 142 Å². The molecule has 0 bridgehead atoms. The molecule has 2 aliphatic rings. The maximum absolute atomic E-state index is 2.73. The summed E-state index contributed by atoms with van der Waals surface area (Å²) in [5, 5.41) is 0. The van der Waals surface area contributed by atoms with Gasteiger partial charge in [-0.25, -0.2) is 0 Å². The third-order valence-corrected chi connectivity index (χ3v) is 9.22. The molecule has 0 amide bonds. The topological polar surface area (TPSA) is 6.48 Å². The average Bonchev–Trinajstić information content (AvgIpc) is 3.00. The van der Waals surface area contributed by atoms with Crippen molar-refractivity contribution in [1.82, 2.24) is 9.80 Å². The van der Waals surface area contributed by atoms with Gasteiger partial charge in [-0.15, -0.1) is 0 Å². The molecule has 0 unspecified atom stereocenters. The van der Waals surface area contributed by atoms with Crippen LogP contribution >= 0.6 is 0 Å². The molecular formula is C38H44N2. The van der Waals surface area contributed by atoms with Crippen LogP contribution in [0.5, 0.6) is 0 Å². The Labute approximate surface area is 241 Å². The average molecular weight is 529 g/mol. The van der Waals surface area contributed by atoms with E-state index in [1.807, 2.05) is 0 Å². The highest BCUT2D eigenvalue weighted by atomic mass is 15.1. The van der Waals surface area contributed by atoms with Crippen molar-refractivity contribution in [2.24, 2.45) is 0 Å². The molecule has 206 valence electrons. The highest BCUT2D eigenvalue weighted by Gasteiger charge is 2.16. The van der Waals surface area contributed by atoms with Gasteiger partial charge in [0.05, 0.1) is 0 Å². The number of unbranched alkanes of at least 4 members (excludes halogenated alkanes) is 1. The fourth-order valence-electron chi connectivity index (χ4n) is 6.76. The molecule has 0 fully saturated rings. The molecule has 0 aliphatic carbocycles. The van der Waals surface area contributed by atoms with Gasteiger partial charge in [0, 0.05) is 26.2 Å². The van der Waals surface area contributed by atoms with E-state index in [1.165, 1.54) is 70.4 Å². The van der Waals surface area contributed by atoms with E-state index >= 15 is 0 Å². The third kappa shape index (κ3) is 6.92. The fraction of sp³-hybridized carbons (Fsp3) is 0.368. The highest BCUT2D eigenvalue weighted by molar-refractivity contribution is 5.38. The Hall–Kier alpha value is -3.20. The number of rotatable bonds is 5. The van der Waals surface area contributed by atoms with E-state index in [1.54, 1.807) is 0 Å². The third-order valence-electron chi connectivity index (χ3n) is 9.22. The molecule has 2 heteroatoms. The molecule has 0 spiro atoms. The molecule has 4 aromatic rings. The summed E-state index contributed by atoms with van der Waals surface area (Å²) in [6.45, 7) is 7.05. The van der Waals surface area contributed by atoms with E-state index < -0.39 is 0 Å². The molecule has 6 rings (SSSR count). The first-order valence-electron chi connectivity index (χ1n) is 15.5. The molecule has 2 aliphatic heterocycles. The molecule has 4 aromatic carbocycles. The minimum absolute atomic E-state index is 1.07. The molecule has 0 N–H and O–H groups in total. The summed E-state index contributed by atoms with van der Waals surface area (Å²) < 4.78 is 0. The van der Waals surface area contributed by atoms with Crippen molar-refractivity contribution in [2.75, 3.05) is 39.3 Å². The Kier molecular flexibility index (Phi) is 9.07. The zero-order valence-electron chi connectivity index (χ0n) is 24.0. The lowest BCUT2D eigenvalue weighted by Crippen LogP contribution is -2.33. The van der Waals surface area contributed by atoms with Crippen molar-refractivity contribution in [3.8, 4) is 0 Å². The second kappa shape index (κ2) is 13.4. The molecule has 0 saturated carbocycles. The summed E-state index contributed by atoms with van der Waals surface area (Å²) in [6, 6.07) is 36.4. The summed E-state index contributed by atoms with van der Waals surface area (Å²) in [4.78, 5) is 5.46. The lowest BCUT2D eigenvalue weighted by atomic mass is 9.93.